The first-order valence-corrected chi connectivity index (χ1v) is 8.50. The van der Waals surface area contributed by atoms with Gasteiger partial charge in [-0.05, 0) is 62.5 Å². The van der Waals surface area contributed by atoms with Gasteiger partial charge in [0.05, 0.1) is 0 Å². The average Bonchev–Trinajstić information content (AvgIpc) is 2.51. The summed E-state index contributed by atoms with van der Waals surface area (Å²) in [5, 5.41) is 10.0. The summed E-state index contributed by atoms with van der Waals surface area (Å²) in [4.78, 5) is 4.75. The molecular weight excluding hydrogens is 258 g/mol. The molecule has 2 nitrogen and oxygen atoms in total. The molecule has 2 heteroatoms. The number of para-hydroxylation sites is 1. The standard InChI is InChI=1S/C19H27NO/c1-15-6-5-7-16(18(15)21)14-20-17-8-12-19(13-9-17)10-3-2-4-11-19/h5-7,14,17,21H,2-4,8-13H2,1H3. The van der Waals surface area contributed by atoms with E-state index in [1.165, 1.54) is 57.8 Å². The fourth-order valence-corrected chi connectivity index (χ4v) is 4.14. The monoisotopic (exact) mass is 285 g/mol. The number of hydrogen-bond acceptors (Lipinski definition) is 2. The molecule has 2 aliphatic rings. The second-order valence-electron chi connectivity index (χ2n) is 7.08. The van der Waals surface area contributed by atoms with Gasteiger partial charge in [0.25, 0.3) is 0 Å². The maximum Gasteiger partial charge on any atom is 0.127 e. The van der Waals surface area contributed by atoms with Gasteiger partial charge in [0.1, 0.15) is 5.75 Å². The van der Waals surface area contributed by atoms with E-state index in [-0.39, 0.29) is 0 Å². The van der Waals surface area contributed by atoms with Crippen molar-refractivity contribution in [1.82, 2.24) is 0 Å². The van der Waals surface area contributed by atoms with Crippen LogP contribution in [0.15, 0.2) is 23.2 Å². The summed E-state index contributed by atoms with van der Waals surface area (Å²) in [7, 11) is 0. The number of benzene rings is 1. The number of phenols is 1. The van der Waals surface area contributed by atoms with E-state index in [9.17, 15) is 5.11 Å². The number of aliphatic imine (C=N–C) groups is 1. The normalized spacial score (nSPS) is 22.9. The molecule has 0 atom stereocenters. The molecule has 0 bridgehead atoms. The largest absolute Gasteiger partial charge is 0.507 e. The first kappa shape index (κ1) is 14.6. The Morgan fingerprint density at radius 3 is 2.52 bits per heavy atom. The van der Waals surface area contributed by atoms with Crippen LogP contribution in [0.4, 0.5) is 0 Å². The van der Waals surface area contributed by atoms with Gasteiger partial charge in [0, 0.05) is 17.8 Å². The third-order valence-electron chi connectivity index (χ3n) is 5.62. The zero-order valence-electron chi connectivity index (χ0n) is 13.1. The first-order chi connectivity index (χ1) is 10.2. The van der Waals surface area contributed by atoms with E-state index >= 15 is 0 Å². The molecule has 1 aromatic rings. The van der Waals surface area contributed by atoms with E-state index in [1.807, 2.05) is 31.3 Å². The zero-order chi connectivity index (χ0) is 14.7. The number of aryl methyl sites for hydroxylation is 1. The van der Waals surface area contributed by atoms with E-state index in [1.54, 1.807) is 0 Å². The predicted molar refractivity (Wildman–Crippen MR) is 88.2 cm³/mol. The van der Waals surface area contributed by atoms with Gasteiger partial charge in [-0.15, -0.1) is 0 Å². The van der Waals surface area contributed by atoms with Gasteiger partial charge in [-0.2, -0.15) is 0 Å². The Kier molecular flexibility index (Phi) is 4.32. The molecule has 1 spiro atoms. The number of phenolic OH excluding ortho intramolecular Hbond substituents is 1. The predicted octanol–water partition coefficient (Wildman–Crippen LogP) is 5.01. The highest BCUT2D eigenvalue weighted by Gasteiger charge is 2.35. The van der Waals surface area contributed by atoms with Crippen molar-refractivity contribution >= 4 is 6.21 Å². The van der Waals surface area contributed by atoms with Crippen molar-refractivity contribution in [3.8, 4) is 5.75 Å². The van der Waals surface area contributed by atoms with Crippen LogP contribution >= 0.6 is 0 Å². The van der Waals surface area contributed by atoms with E-state index in [0.29, 0.717) is 17.2 Å². The van der Waals surface area contributed by atoms with Gasteiger partial charge in [-0.3, -0.25) is 4.99 Å². The second kappa shape index (κ2) is 6.21. The van der Waals surface area contributed by atoms with E-state index in [0.717, 1.165) is 11.1 Å². The lowest BCUT2D eigenvalue weighted by Crippen LogP contribution is -2.31. The van der Waals surface area contributed by atoms with Crippen LogP contribution < -0.4 is 0 Å². The number of aromatic hydroxyl groups is 1. The Bertz CT molecular complexity index is 504. The van der Waals surface area contributed by atoms with Crippen molar-refractivity contribution < 1.29 is 5.11 Å². The van der Waals surface area contributed by atoms with E-state index < -0.39 is 0 Å². The van der Waals surface area contributed by atoms with Crippen LogP contribution in [0, 0.1) is 12.3 Å². The molecule has 1 N–H and O–H groups in total. The molecule has 3 rings (SSSR count). The molecule has 2 fully saturated rings. The maximum absolute atomic E-state index is 10.0. The molecule has 0 saturated heterocycles. The van der Waals surface area contributed by atoms with Crippen molar-refractivity contribution in [1.29, 1.82) is 0 Å². The molecule has 21 heavy (non-hydrogen) atoms. The maximum atomic E-state index is 10.0. The summed E-state index contributed by atoms with van der Waals surface area (Å²) in [6.07, 6.45) is 14.2. The molecule has 0 amide bonds. The van der Waals surface area contributed by atoms with Crippen LogP contribution in [-0.2, 0) is 0 Å². The van der Waals surface area contributed by atoms with Crippen LogP contribution in [0.25, 0.3) is 0 Å². The van der Waals surface area contributed by atoms with Crippen LogP contribution in [0.5, 0.6) is 5.75 Å². The lowest BCUT2D eigenvalue weighted by molar-refractivity contribution is 0.116. The molecule has 0 radical (unpaired) electrons. The Hall–Kier alpha value is -1.31. The molecule has 2 saturated carbocycles. The first-order valence-electron chi connectivity index (χ1n) is 8.50. The minimum absolute atomic E-state index is 0.376. The lowest BCUT2D eigenvalue weighted by atomic mass is 9.64. The van der Waals surface area contributed by atoms with Gasteiger partial charge < -0.3 is 5.11 Å². The van der Waals surface area contributed by atoms with Gasteiger partial charge in [-0.25, -0.2) is 0 Å². The summed E-state index contributed by atoms with van der Waals surface area (Å²) in [6, 6.07) is 6.31. The van der Waals surface area contributed by atoms with Crippen molar-refractivity contribution in [3.05, 3.63) is 29.3 Å². The van der Waals surface area contributed by atoms with Crippen molar-refractivity contribution in [3.63, 3.8) is 0 Å². The van der Waals surface area contributed by atoms with E-state index in [2.05, 4.69) is 0 Å². The molecule has 0 aliphatic heterocycles. The van der Waals surface area contributed by atoms with Gasteiger partial charge in [0.2, 0.25) is 0 Å². The third kappa shape index (κ3) is 3.30. The minimum atomic E-state index is 0.376. The van der Waals surface area contributed by atoms with Gasteiger partial charge >= 0.3 is 0 Å². The Balaban J connectivity index is 1.60. The molecule has 0 unspecified atom stereocenters. The number of nitrogens with zero attached hydrogens (tertiary/aromatic N) is 1. The Morgan fingerprint density at radius 1 is 1.10 bits per heavy atom. The molecule has 2 aliphatic carbocycles. The molecule has 0 heterocycles. The minimum Gasteiger partial charge on any atom is -0.507 e. The number of rotatable bonds is 2. The summed E-state index contributed by atoms with van der Waals surface area (Å²) < 4.78 is 0. The van der Waals surface area contributed by atoms with Crippen LogP contribution in [0.3, 0.4) is 0 Å². The average molecular weight is 285 g/mol. The fraction of sp³-hybridized carbons (Fsp3) is 0.632. The highest BCUT2D eigenvalue weighted by atomic mass is 16.3. The van der Waals surface area contributed by atoms with Crippen molar-refractivity contribution in [2.45, 2.75) is 70.8 Å². The smallest absolute Gasteiger partial charge is 0.127 e. The molecular formula is C19H27NO. The Labute approximate surface area is 128 Å². The SMILES string of the molecule is Cc1cccc(C=NC2CCC3(CCCCC3)CC2)c1O. The van der Waals surface area contributed by atoms with Crippen LogP contribution in [-0.4, -0.2) is 17.4 Å². The fourth-order valence-electron chi connectivity index (χ4n) is 4.14. The van der Waals surface area contributed by atoms with Crippen LogP contribution in [0.2, 0.25) is 0 Å². The lowest BCUT2D eigenvalue weighted by Gasteiger charge is -2.42. The zero-order valence-corrected chi connectivity index (χ0v) is 13.1. The van der Waals surface area contributed by atoms with Crippen molar-refractivity contribution in [2.24, 2.45) is 10.4 Å². The summed E-state index contributed by atoms with van der Waals surface area (Å²) in [5.41, 5.74) is 2.44. The molecule has 1 aromatic carbocycles. The number of hydrogen-bond donors (Lipinski definition) is 1. The summed E-state index contributed by atoms with van der Waals surface area (Å²) in [6.45, 7) is 1.93. The van der Waals surface area contributed by atoms with Crippen molar-refractivity contribution in [2.75, 3.05) is 0 Å². The van der Waals surface area contributed by atoms with E-state index in [4.69, 9.17) is 4.99 Å². The quantitative estimate of drug-likeness (QED) is 0.761. The summed E-state index contributed by atoms with van der Waals surface area (Å²) >= 11 is 0. The topological polar surface area (TPSA) is 32.6 Å². The van der Waals surface area contributed by atoms with Gasteiger partial charge in [-0.1, -0.05) is 31.4 Å². The highest BCUT2D eigenvalue weighted by Crippen LogP contribution is 2.47. The third-order valence-corrected chi connectivity index (χ3v) is 5.62. The highest BCUT2D eigenvalue weighted by molar-refractivity contribution is 5.84. The molecule has 0 aromatic heterocycles. The van der Waals surface area contributed by atoms with Crippen LogP contribution in [0.1, 0.15) is 68.9 Å². The Morgan fingerprint density at radius 2 is 1.81 bits per heavy atom. The summed E-state index contributed by atoms with van der Waals surface area (Å²) in [5.74, 6) is 0.376. The molecule has 114 valence electrons. The second-order valence-corrected chi connectivity index (χ2v) is 7.08. The van der Waals surface area contributed by atoms with Gasteiger partial charge in [0.15, 0.2) is 0 Å².